The molecule has 2 amide bonds. The fourth-order valence-electron chi connectivity index (χ4n) is 3.49. The predicted molar refractivity (Wildman–Crippen MR) is 113 cm³/mol. The molecular weight excluding hydrogens is 382 g/mol. The van der Waals surface area contributed by atoms with Crippen LogP contribution in [0.1, 0.15) is 31.1 Å². The minimum Gasteiger partial charge on any atom is -0.463 e. The molecule has 1 fully saturated rings. The predicted octanol–water partition coefficient (Wildman–Crippen LogP) is 4.19. The van der Waals surface area contributed by atoms with E-state index in [1.165, 1.54) is 0 Å². The lowest BCUT2D eigenvalue weighted by Gasteiger charge is -2.35. The number of para-hydroxylation sites is 1. The molecule has 0 radical (unpaired) electrons. The van der Waals surface area contributed by atoms with E-state index in [-0.39, 0.29) is 12.0 Å². The molecule has 30 heavy (non-hydrogen) atoms. The van der Waals surface area contributed by atoms with Crippen LogP contribution in [0.4, 0.5) is 4.79 Å². The highest BCUT2D eigenvalue weighted by atomic mass is 16.6. The Morgan fingerprint density at radius 3 is 2.37 bits per heavy atom. The second kappa shape index (κ2) is 7.82. The maximum atomic E-state index is 13.4. The van der Waals surface area contributed by atoms with Gasteiger partial charge in [0.2, 0.25) is 0 Å². The zero-order chi connectivity index (χ0) is 21.3. The number of ether oxygens (including phenoxy) is 1. The van der Waals surface area contributed by atoms with E-state index >= 15 is 0 Å². The van der Waals surface area contributed by atoms with Crippen LogP contribution in [0.5, 0.6) is 0 Å². The van der Waals surface area contributed by atoms with Crippen LogP contribution in [0.15, 0.2) is 53.1 Å². The lowest BCUT2D eigenvalue weighted by atomic mass is 10.0. The quantitative estimate of drug-likeness (QED) is 0.637. The minimum atomic E-state index is -0.539. The van der Waals surface area contributed by atoms with Gasteiger partial charge in [-0.05, 0) is 45.0 Å². The van der Waals surface area contributed by atoms with Gasteiger partial charge in [-0.1, -0.05) is 18.2 Å². The number of hydrogen-bond acceptors (Lipinski definition) is 5. The Balaban J connectivity index is 1.56. The molecule has 0 unspecified atom stereocenters. The van der Waals surface area contributed by atoms with E-state index in [0.29, 0.717) is 43.2 Å². The van der Waals surface area contributed by atoms with Gasteiger partial charge in [0.1, 0.15) is 11.3 Å². The summed E-state index contributed by atoms with van der Waals surface area (Å²) in [5.74, 6) is 0.537. The van der Waals surface area contributed by atoms with Crippen LogP contribution in [-0.2, 0) is 4.74 Å². The van der Waals surface area contributed by atoms with Crippen LogP contribution in [-0.4, -0.2) is 58.6 Å². The summed E-state index contributed by atoms with van der Waals surface area (Å²) in [6.07, 6.45) is 1.24. The molecule has 0 saturated carbocycles. The molecule has 7 nitrogen and oxygen atoms in total. The first-order chi connectivity index (χ1) is 14.3. The van der Waals surface area contributed by atoms with Crippen LogP contribution < -0.4 is 0 Å². The van der Waals surface area contributed by atoms with Crippen molar-refractivity contribution < 1.29 is 18.7 Å². The number of carbonyl (C=O) groups is 2. The first kappa shape index (κ1) is 19.9. The molecule has 0 spiro atoms. The normalized spacial score (nSPS) is 14.8. The van der Waals surface area contributed by atoms with Gasteiger partial charge < -0.3 is 19.0 Å². The third kappa shape index (κ3) is 4.15. The molecule has 156 valence electrons. The summed E-state index contributed by atoms with van der Waals surface area (Å²) in [4.78, 5) is 33.7. The zero-order valence-electron chi connectivity index (χ0n) is 17.4. The number of aromatic nitrogens is 1. The Morgan fingerprint density at radius 1 is 1.00 bits per heavy atom. The molecule has 3 heterocycles. The zero-order valence-corrected chi connectivity index (χ0v) is 17.4. The van der Waals surface area contributed by atoms with Crippen molar-refractivity contribution in [3.63, 3.8) is 0 Å². The van der Waals surface area contributed by atoms with Crippen LogP contribution in [0.25, 0.3) is 22.4 Å². The fourth-order valence-corrected chi connectivity index (χ4v) is 3.49. The Labute approximate surface area is 175 Å². The molecule has 1 aliphatic rings. The smallest absolute Gasteiger partial charge is 0.410 e. The maximum absolute atomic E-state index is 13.4. The molecule has 7 heteroatoms. The minimum absolute atomic E-state index is 0.0785. The van der Waals surface area contributed by atoms with E-state index in [9.17, 15) is 9.59 Å². The van der Waals surface area contributed by atoms with Crippen LogP contribution in [0.3, 0.4) is 0 Å². The molecule has 0 bridgehead atoms. The number of nitrogens with zero attached hydrogens (tertiary/aromatic N) is 3. The molecule has 2 aromatic heterocycles. The van der Waals surface area contributed by atoms with Gasteiger partial charge >= 0.3 is 6.09 Å². The molecule has 1 aromatic carbocycles. The van der Waals surface area contributed by atoms with Crippen molar-refractivity contribution in [1.82, 2.24) is 14.8 Å². The van der Waals surface area contributed by atoms with E-state index < -0.39 is 5.60 Å². The third-order valence-corrected chi connectivity index (χ3v) is 4.94. The van der Waals surface area contributed by atoms with Crippen molar-refractivity contribution in [3.05, 3.63) is 54.3 Å². The summed E-state index contributed by atoms with van der Waals surface area (Å²) in [5.41, 5.74) is 1.40. The number of furan rings is 1. The number of fused-ring (bicyclic) bond motifs is 1. The second-order valence-corrected chi connectivity index (χ2v) is 8.31. The summed E-state index contributed by atoms with van der Waals surface area (Å²) < 4.78 is 10.9. The van der Waals surface area contributed by atoms with Gasteiger partial charge in [0.05, 0.1) is 17.3 Å². The number of rotatable bonds is 2. The van der Waals surface area contributed by atoms with Crippen molar-refractivity contribution in [2.45, 2.75) is 26.4 Å². The average molecular weight is 407 g/mol. The third-order valence-electron chi connectivity index (χ3n) is 4.94. The van der Waals surface area contributed by atoms with E-state index in [0.717, 1.165) is 10.9 Å². The van der Waals surface area contributed by atoms with Gasteiger partial charge in [-0.25, -0.2) is 9.78 Å². The number of carbonyl (C=O) groups excluding carboxylic acids is 2. The SMILES string of the molecule is CC(C)(C)OC(=O)N1CCN(C(=O)c2cc(-c3ccco3)nc3ccccc23)CC1. The fraction of sp³-hybridized carbons (Fsp3) is 0.348. The van der Waals surface area contributed by atoms with Crippen molar-refractivity contribution in [2.24, 2.45) is 0 Å². The number of benzene rings is 1. The molecule has 0 N–H and O–H groups in total. The van der Waals surface area contributed by atoms with Crippen molar-refractivity contribution in [3.8, 4) is 11.5 Å². The first-order valence-electron chi connectivity index (χ1n) is 10.0. The first-order valence-corrected chi connectivity index (χ1v) is 10.0. The number of hydrogen-bond donors (Lipinski definition) is 0. The van der Waals surface area contributed by atoms with Gasteiger partial charge in [0.25, 0.3) is 5.91 Å². The summed E-state index contributed by atoms with van der Waals surface area (Å²) in [6.45, 7) is 7.31. The molecule has 4 rings (SSSR count). The Morgan fingerprint density at radius 2 is 1.70 bits per heavy atom. The summed E-state index contributed by atoms with van der Waals surface area (Å²) in [6, 6.07) is 13.0. The Hall–Kier alpha value is -3.35. The van der Waals surface area contributed by atoms with Crippen LogP contribution in [0, 0.1) is 0 Å². The Kier molecular flexibility index (Phi) is 5.20. The van der Waals surface area contributed by atoms with Gasteiger partial charge in [-0.2, -0.15) is 0 Å². The second-order valence-electron chi connectivity index (χ2n) is 8.31. The van der Waals surface area contributed by atoms with Gasteiger partial charge in [-0.3, -0.25) is 4.79 Å². The monoisotopic (exact) mass is 407 g/mol. The largest absolute Gasteiger partial charge is 0.463 e. The van der Waals surface area contributed by atoms with Crippen molar-refractivity contribution >= 4 is 22.9 Å². The summed E-state index contributed by atoms with van der Waals surface area (Å²) in [7, 11) is 0. The summed E-state index contributed by atoms with van der Waals surface area (Å²) >= 11 is 0. The molecule has 0 aliphatic carbocycles. The van der Waals surface area contributed by atoms with Gasteiger partial charge in [0.15, 0.2) is 5.76 Å². The van der Waals surface area contributed by atoms with Crippen LogP contribution in [0.2, 0.25) is 0 Å². The number of piperazine rings is 1. The lowest BCUT2D eigenvalue weighted by Crippen LogP contribution is -2.51. The van der Waals surface area contributed by atoms with Crippen LogP contribution >= 0.6 is 0 Å². The maximum Gasteiger partial charge on any atom is 0.410 e. The Bertz CT molecular complexity index is 1060. The molecule has 1 saturated heterocycles. The topological polar surface area (TPSA) is 75.9 Å². The molecule has 0 atom stereocenters. The van der Waals surface area contributed by atoms with Gasteiger partial charge in [-0.15, -0.1) is 0 Å². The van der Waals surface area contributed by atoms with Crippen molar-refractivity contribution in [1.29, 1.82) is 0 Å². The highest BCUT2D eigenvalue weighted by molar-refractivity contribution is 6.07. The van der Waals surface area contributed by atoms with Gasteiger partial charge in [0, 0.05) is 31.6 Å². The lowest BCUT2D eigenvalue weighted by molar-refractivity contribution is 0.0141. The highest BCUT2D eigenvalue weighted by Crippen LogP contribution is 2.26. The average Bonchev–Trinajstić information content (AvgIpc) is 3.26. The van der Waals surface area contributed by atoms with E-state index in [4.69, 9.17) is 9.15 Å². The molecule has 3 aromatic rings. The highest BCUT2D eigenvalue weighted by Gasteiger charge is 2.29. The number of amides is 2. The van der Waals surface area contributed by atoms with E-state index in [1.54, 1.807) is 28.2 Å². The molecular formula is C23H25N3O4. The molecule has 1 aliphatic heterocycles. The van der Waals surface area contributed by atoms with E-state index in [1.807, 2.05) is 51.1 Å². The van der Waals surface area contributed by atoms with Crippen molar-refractivity contribution in [2.75, 3.05) is 26.2 Å². The number of pyridine rings is 1. The summed E-state index contributed by atoms with van der Waals surface area (Å²) in [5, 5.41) is 0.798. The van der Waals surface area contributed by atoms with E-state index in [2.05, 4.69) is 4.98 Å². The standard InChI is InChI=1S/C23H25N3O4/c1-23(2,3)30-22(28)26-12-10-25(11-13-26)21(27)17-15-19(20-9-6-14-29-20)24-18-8-5-4-7-16(17)18/h4-9,14-15H,10-13H2,1-3H3.